The Kier molecular flexibility index (Phi) is 5.82. The lowest BCUT2D eigenvalue weighted by Crippen LogP contribution is -2.56. The molecule has 0 unspecified atom stereocenters. The Balaban J connectivity index is 1.78. The zero-order valence-electron chi connectivity index (χ0n) is 16.8. The van der Waals surface area contributed by atoms with Crippen molar-refractivity contribution in [3.63, 3.8) is 0 Å². The molecule has 1 aliphatic rings. The van der Waals surface area contributed by atoms with Gasteiger partial charge in [0.15, 0.2) is 5.78 Å². The Morgan fingerprint density at radius 2 is 1.19 bits per heavy atom. The third-order valence-corrected chi connectivity index (χ3v) is 5.67. The highest BCUT2D eigenvalue weighted by molar-refractivity contribution is 6.31. The van der Waals surface area contributed by atoms with Crippen LogP contribution in [0.5, 0.6) is 0 Å². The summed E-state index contributed by atoms with van der Waals surface area (Å²) in [5, 5.41) is 2.51. The summed E-state index contributed by atoms with van der Waals surface area (Å²) in [6.07, 6.45) is 0. The van der Waals surface area contributed by atoms with Crippen LogP contribution in [0.3, 0.4) is 0 Å². The summed E-state index contributed by atoms with van der Waals surface area (Å²) < 4.78 is 0. The molecule has 0 fully saturated rings. The number of fused-ring (bicyclic) bond motifs is 1. The van der Waals surface area contributed by atoms with Crippen LogP contribution in [0.4, 0.5) is 0 Å². The van der Waals surface area contributed by atoms with Gasteiger partial charge in [-0.1, -0.05) is 35.3 Å². The smallest absolute Gasteiger partial charge is 0.280 e. The van der Waals surface area contributed by atoms with Gasteiger partial charge in [0.1, 0.15) is 6.04 Å². The molecule has 0 aromatic heterocycles. The van der Waals surface area contributed by atoms with Gasteiger partial charge in [0.05, 0.1) is 11.1 Å². The number of hydrogen-bond acceptors (Lipinski definition) is 4. The van der Waals surface area contributed by atoms with Crippen molar-refractivity contribution < 1.29 is 19.2 Å². The molecule has 4 rings (SSSR count). The normalized spacial score (nSPS) is 13.7. The van der Waals surface area contributed by atoms with Crippen LogP contribution in [0.1, 0.15) is 48.4 Å². The number of ketones is 1. The summed E-state index contributed by atoms with van der Waals surface area (Å²) >= 11 is 11.8. The van der Waals surface area contributed by atoms with Gasteiger partial charge in [0.25, 0.3) is 17.7 Å². The molecule has 0 radical (unpaired) electrons. The monoisotopic (exact) mass is 466 g/mol. The number of halogens is 2. The van der Waals surface area contributed by atoms with Gasteiger partial charge in [-0.05, 0) is 67.6 Å². The number of rotatable bonds is 5. The quantitative estimate of drug-likeness (QED) is 0.395. The Morgan fingerprint density at radius 3 is 1.66 bits per heavy atom. The fourth-order valence-corrected chi connectivity index (χ4v) is 3.76. The van der Waals surface area contributed by atoms with Crippen LogP contribution in [-0.4, -0.2) is 39.6 Å². The average Bonchev–Trinajstić information content (AvgIpc) is 3.05. The largest absolute Gasteiger partial charge is 0.292 e. The van der Waals surface area contributed by atoms with Crippen molar-refractivity contribution in [2.75, 3.05) is 0 Å². The lowest BCUT2D eigenvalue weighted by molar-refractivity contribution is -0.00680. The van der Waals surface area contributed by atoms with Gasteiger partial charge in [-0.2, -0.15) is 5.01 Å². The first-order valence-electron chi connectivity index (χ1n) is 9.66. The van der Waals surface area contributed by atoms with E-state index in [9.17, 15) is 19.2 Å². The second-order valence-electron chi connectivity index (χ2n) is 7.17. The van der Waals surface area contributed by atoms with Gasteiger partial charge in [-0.15, -0.1) is 0 Å². The molecule has 3 aromatic carbocycles. The first-order valence-corrected chi connectivity index (χ1v) is 10.4. The molecule has 3 amide bonds. The molecular formula is C24H16Cl2N2O4. The zero-order valence-corrected chi connectivity index (χ0v) is 18.3. The first-order chi connectivity index (χ1) is 15.3. The number of carbonyl (C=O) groups is 4. The van der Waals surface area contributed by atoms with Crippen LogP contribution in [0.2, 0.25) is 10.0 Å². The molecule has 160 valence electrons. The van der Waals surface area contributed by atoms with Gasteiger partial charge in [0, 0.05) is 21.2 Å². The summed E-state index contributed by atoms with van der Waals surface area (Å²) in [5.74, 6) is -2.50. The molecule has 1 atom stereocenters. The number of hydrogen-bond donors (Lipinski definition) is 0. The highest BCUT2D eigenvalue weighted by Gasteiger charge is 2.44. The molecule has 8 heteroatoms. The molecule has 32 heavy (non-hydrogen) atoms. The van der Waals surface area contributed by atoms with E-state index < -0.39 is 29.5 Å². The highest BCUT2D eigenvalue weighted by Crippen LogP contribution is 2.28. The Bertz CT molecular complexity index is 1200. The van der Waals surface area contributed by atoms with Gasteiger partial charge in [-0.3, -0.25) is 19.2 Å². The second-order valence-corrected chi connectivity index (χ2v) is 8.04. The Morgan fingerprint density at radius 1 is 0.750 bits per heavy atom. The summed E-state index contributed by atoms with van der Waals surface area (Å²) in [7, 11) is 0. The van der Waals surface area contributed by atoms with E-state index in [2.05, 4.69) is 0 Å². The number of amides is 3. The van der Waals surface area contributed by atoms with Gasteiger partial charge < -0.3 is 0 Å². The molecule has 0 bridgehead atoms. The molecule has 1 heterocycles. The predicted molar refractivity (Wildman–Crippen MR) is 120 cm³/mol. The minimum atomic E-state index is -1.17. The topological polar surface area (TPSA) is 74.8 Å². The standard InChI is InChI=1S/C24H16Cl2N2O4/c1-14(21(29)15-6-10-17(25)11-7-15)27(22(30)16-8-12-18(26)13-9-16)28-23(31)19-4-2-3-5-20(19)24(28)32/h2-14H,1H3/t14-/m0/s1. The highest BCUT2D eigenvalue weighted by atomic mass is 35.5. The molecule has 0 saturated heterocycles. The van der Waals surface area contributed by atoms with Crippen LogP contribution in [-0.2, 0) is 0 Å². The van der Waals surface area contributed by atoms with E-state index in [0.29, 0.717) is 10.0 Å². The minimum Gasteiger partial charge on any atom is -0.292 e. The first kappa shape index (κ1) is 21.7. The zero-order chi connectivity index (χ0) is 23.0. The molecule has 3 aromatic rings. The van der Waals surface area contributed by atoms with Crippen molar-refractivity contribution in [1.29, 1.82) is 0 Å². The summed E-state index contributed by atoms with van der Waals surface area (Å²) in [5.41, 5.74) is 0.782. The van der Waals surface area contributed by atoms with E-state index in [1.807, 2.05) is 0 Å². The van der Waals surface area contributed by atoms with Gasteiger partial charge in [0.2, 0.25) is 0 Å². The maximum atomic E-state index is 13.5. The van der Waals surface area contributed by atoms with Gasteiger partial charge >= 0.3 is 0 Å². The van der Waals surface area contributed by atoms with Crippen LogP contribution >= 0.6 is 23.2 Å². The average molecular weight is 467 g/mol. The van der Waals surface area contributed by atoms with E-state index in [1.165, 1.54) is 55.5 Å². The van der Waals surface area contributed by atoms with Gasteiger partial charge in [-0.25, -0.2) is 5.01 Å². The predicted octanol–water partition coefficient (Wildman–Crippen LogP) is 4.92. The molecule has 0 N–H and O–H groups in total. The Labute approximate surface area is 193 Å². The maximum absolute atomic E-state index is 13.5. The fraction of sp³-hybridized carbons (Fsp3) is 0.0833. The molecule has 0 aliphatic carbocycles. The van der Waals surface area contributed by atoms with E-state index in [0.717, 1.165) is 10.0 Å². The second kappa shape index (κ2) is 8.57. The maximum Gasteiger partial charge on any atom is 0.280 e. The molecular weight excluding hydrogens is 451 g/mol. The number of carbonyl (C=O) groups excluding carboxylic acids is 4. The van der Waals surface area contributed by atoms with E-state index in [-0.39, 0.29) is 22.3 Å². The molecule has 0 saturated carbocycles. The fourth-order valence-electron chi connectivity index (χ4n) is 3.50. The molecule has 6 nitrogen and oxygen atoms in total. The van der Waals surface area contributed by atoms with Crippen LogP contribution in [0.25, 0.3) is 0 Å². The lowest BCUT2D eigenvalue weighted by atomic mass is 10.0. The molecule has 1 aliphatic heterocycles. The van der Waals surface area contributed by atoms with Crippen molar-refractivity contribution in [3.05, 3.63) is 105 Å². The Hall–Kier alpha value is -3.48. The number of imide groups is 1. The van der Waals surface area contributed by atoms with Crippen LogP contribution < -0.4 is 0 Å². The number of nitrogens with zero attached hydrogens (tertiary/aromatic N) is 2. The van der Waals surface area contributed by atoms with E-state index >= 15 is 0 Å². The van der Waals surface area contributed by atoms with Crippen LogP contribution in [0.15, 0.2) is 72.8 Å². The molecule has 0 spiro atoms. The van der Waals surface area contributed by atoms with E-state index in [1.54, 1.807) is 24.3 Å². The number of Topliss-reactive ketones (excluding diaryl/α,β-unsaturated/α-hetero) is 1. The minimum absolute atomic E-state index is 0.164. The van der Waals surface area contributed by atoms with Crippen molar-refractivity contribution in [2.45, 2.75) is 13.0 Å². The SMILES string of the molecule is C[C@@H](C(=O)c1ccc(Cl)cc1)N(C(=O)c1ccc(Cl)cc1)N1C(=O)c2ccccc2C1=O. The third-order valence-electron chi connectivity index (χ3n) is 5.16. The summed E-state index contributed by atoms with van der Waals surface area (Å²) in [6.45, 7) is 1.47. The number of hydrazine groups is 1. The lowest BCUT2D eigenvalue weighted by Gasteiger charge is -2.34. The van der Waals surface area contributed by atoms with E-state index in [4.69, 9.17) is 23.2 Å². The van der Waals surface area contributed by atoms with Crippen molar-refractivity contribution >= 4 is 46.7 Å². The van der Waals surface area contributed by atoms with Crippen LogP contribution in [0, 0.1) is 0 Å². The summed E-state index contributed by atoms with van der Waals surface area (Å²) in [6, 6.07) is 17.2. The number of benzene rings is 3. The summed E-state index contributed by atoms with van der Waals surface area (Å²) in [4.78, 5) is 52.9. The van der Waals surface area contributed by atoms with Crippen molar-refractivity contribution in [2.24, 2.45) is 0 Å². The third kappa shape index (κ3) is 3.79. The van der Waals surface area contributed by atoms with Crippen molar-refractivity contribution in [3.8, 4) is 0 Å². The van der Waals surface area contributed by atoms with Crippen molar-refractivity contribution in [1.82, 2.24) is 10.0 Å².